The van der Waals surface area contributed by atoms with Crippen LogP contribution >= 0.6 is 0 Å². The maximum Gasteiger partial charge on any atom is 0.165 e. The molecule has 1 N–H and O–H groups in total. The molecule has 0 fully saturated rings. The SMILES string of the molecule is CCC(=O)c1cccc(NC)c1F. The van der Waals surface area contributed by atoms with Crippen LogP contribution in [0.3, 0.4) is 0 Å². The number of halogens is 1. The van der Waals surface area contributed by atoms with Crippen molar-refractivity contribution < 1.29 is 9.18 Å². The molecule has 0 amide bonds. The van der Waals surface area contributed by atoms with Gasteiger partial charge in [-0.05, 0) is 12.1 Å². The molecule has 0 aliphatic carbocycles. The van der Waals surface area contributed by atoms with E-state index in [1.807, 2.05) is 0 Å². The van der Waals surface area contributed by atoms with Gasteiger partial charge in [-0.2, -0.15) is 0 Å². The van der Waals surface area contributed by atoms with Crippen molar-refractivity contribution >= 4 is 11.5 Å². The Bertz CT molecular complexity index is 323. The van der Waals surface area contributed by atoms with Gasteiger partial charge in [0.15, 0.2) is 11.6 Å². The van der Waals surface area contributed by atoms with Gasteiger partial charge in [0.05, 0.1) is 11.3 Å². The first-order valence-electron chi connectivity index (χ1n) is 4.20. The van der Waals surface area contributed by atoms with E-state index in [1.165, 1.54) is 6.07 Å². The fourth-order valence-electron chi connectivity index (χ4n) is 1.13. The average molecular weight is 181 g/mol. The first-order chi connectivity index (χ1) is 6.20. The van der Waals surface area contributed by atoms with Gasteiger partial charge in [-0.3, -0.25) is 4.79 Å². The van der Waals surface area contributed by atoms with E-state index in [2.05, 4.69) is 5.32 Å². The van der Waals surface area contributed by atoms with Crippen LogP contribution in [0.5, 0.6) is 0 Å². The highest BCUT2D eigenvalue weighted by molar-refractivity contribution is 5.97. The van der Waals surface area contributed by atoms with Crippen molar-refractivity contribution in [2.45, 2.75) is 13.3 Å². The van der Waals surface area contributed by atoms with Crippen molar-refractivity contribution in [3.05, 3.63) is 29.6 Å². The standard InChI is InChI=1S/C10H12FNO/c1-3-9(13)7-5-4-6-8(12-2)10(7)11/h4-6,12H,3H2,1-2H3. The van der Waals surface area contributed by atoms with Gasteiger partial charge in [0.25, 0.3) is 0 Å². The van der Waals surface area contributed by atoms with Crippen molar-refractivity contribution in [2.75, 3.05) is 12.4 Å². The number of hydrogen-bond acceptors (Lipinski definition) is 2. The molecule has 2 nitrogen and oxygen atoms in total. The summed E-state index contributed by atoms with van der Waals surface area (Å²) in [6.45, 7) is 1.72. The van der Waals surface area contributed by atoms with Gasteiger partial charge < -0.3 is 5.32 Å². The number of rotatable bonds is 3. The van der Waals surface area contributed by atoms with Crippen molar-refractivity contribution in [1.29, 1.82) is 0 Å². The molecule has 1 rings (SSSR count). The summed E-state index contributed by atoms with van der Waals surface area (Å²) in [4.78, 5) is 11.2. The summed E-state index contributed by atoms with van der Waals surface area (Å²) in [5.74, 6) is -0.633. The lowest BCUT2D eigenvalue weighted by Gasteiger charge is -2.05. The van der Waals surface area contributed by atoms with Gasteiger partial charge in [0.1, 0.15) is 0 Å². The minimum atomic E-state index is -0.461. The van der Waals surface area contributed by atoms with Crippen LogP contribution in [0.25, 0.3) is 0 Å². The molecule has 0 aliphatic heterocycles. The summed E-state index contributed by atoms with van der Waals surface area (Å²) in [6, 6.07) is 4.77. The van der Waals surface area contributed by atoms with Gasteiger partial charge in [0, 0.05) is 13.5 Å². The molecule has 0 saturated heterocycles. The van der Waals surface area contributed by atoms with E-state index in [1.54, 1.807) is 26.1 Å². The highest BCUT2D eigenvalue weighted by Crippen LogP contribution is 2.18. The second-order valence-corrected chi connectivity index (χ2v) is 2.69. The number of anilines is 1. The first kappa shape index (κ1) is 9.71. The number of hydrogen-bond donors (Lipinski definition) is 1. The zero-order chi connectivity index (χ0) is 9.84. The van der Waals surface area contributed by atoms with Crippen LogP contribution in [0.1, 0.15) is 23.7 Å². The van der Waals surface area contributed by atoms with Crippen LogP contribution in [-0.4, -0.2) is 12.8 Å². The largest absolute Gasteiger partial charge is 0.386 e. The smallest absolute Gasteiger partial charge is 0.165 e. The number of Topliss-reactive ketones (excluding diaryl/α,β-unsaturated/α-hetero) is 1. The number of carbonyl (C=O) groups is 1. The molecular formula is C10H12FNO. The van der Waals surface area contributed by atoms with E-state index >= 15 is 0 Å². The third-order valence-corrected chi connectivity index (χ3v) is 1.89. The third kappa shape index (κ3) is 1.86. The average Bonchev–Trinajstić information content (AvgIpc) is 2.17. The fourth-order valence-corrected chi connectivity index (χ4v) is 1.13. The second-order valence-electron chi connectivity index (χ2n) is 2.69. The molecule has 70 valence electrons. The minimum absolute atomic E-state index is 0.161. The molecule has 0 heterocycles. The third-order valence-electron chi connectivity index (χ3n) is 1.89. The summed E-state index contributed by atoms with van der Waals surface area (Å²) in [5.41, 5.74) is 0.522. The molecule has 3 heteroatoms. The van der Waals surface area contributed by atoms with Crippen molar-refractivity contribution in [1.82, 2.24) is 0 Å². The lowest BCUT2D eigenvalue weighted by molar-refractivity contribution is 0.0984. The number of carbonyl (C=O) groups excluding carboxylic acids is 1. The van der Waals surface area contributed by atoms with Gasteiger partial charge in [-0.25, -0.2) is 4.39 Å². The molecule has 13 heavy (non-hydrogen) atoms. The topological polar surface area (TPSA) is 29.1 Å². The molecule has 0 unspecified atom stereocenters. The van der Waals surface area contributed by atoms with E-state index in [4.69, 9.17) is 0 Å². The summed E-state index contributed by atoms with van der Waals surface area (Å²) in [6.07, 6.45) is 0.323. The maximum atomic E-state index is 13.4. The van der Waals surface area contributed by atoms with Crippen LogP contribution in [-0.2, 0) is 0 Å². The minimum Gasteiger partial charge on any atom is -0.386 e. The predicted octanol–water partition coefficient (Wildman–Crippen LogP) is 2.46. The van der Waals surface area contributed by atoms with Crippen LogP contribution in [0.15, 0.2) is 18.2 Å². The van der Waals surface area contributed by atoms with Crippen LogP contribution in [0.4, 0.5) is 10.1 Å². The van der Waals surface area contributed by atoms with Crippen LogP contribution in [0, 0.1) is 5.82 Å². The lowest BCUT2D eigenvalue weighted by atomic mass is 10.1. The maximum absolute atomic E-state index is 13.4. The summed E-state index contributed by atoms with van der Waals surface area (Å²) in [5, 5.41) is 2.69. The number of nitrogens with one attached hydrogen (secondary N) is 1. The zero-order valence-corrected chi connectivity index (χ0v) is 7.73. The molecule has 0 aromatic heterocycles. The molecule has 0 bridgehead atoms. The summed E-state index contributed by atoms with van der Waals surface area (Å²) >= 11 is 0. The predicted molar refractivity (Wildman–Crippen MR) is 50.6 cm³/mol. The fraction of sp³-hybridized carbons (Fsp3) is 0.300. The molecule has 0 aliphatic rings. The highest BCUT2D eigenvalue weighted by atomic mass is 19.1. The van der Waals surface area contributed by atoms with E-state index in [-0.39, 0.29) is 11.3 Å². The van der Waals surface area contributed by atoms with Crippen molar-refractivity contribution in [3.8, 4) is 0 Å². The van der Waals surface area contributed by atoms with Gasteiger partial charge in [0.2, 0.25) is 0 Å². The van der Waals surface area contributed by atoms with E-state index in [0.717, 1.165) is 0 Å². The van der Waals surface area contributed by atoms with E-state index in [9.17, 15) is 9.18 Å². The Labute approximate surface area is 76.8 Å². The highest BCUT2D eigenvalue weighted by Gasteiger charge is 2.11. The monoisotopic (exact) mass is 181 g/mol. The second kappa shape index (κ2) is 4.03. The molecular weight excluding hydrogens is 169 g/mol. The van der Waals surface area contributed by atoms with Gasteiger partial charge in [-0.15, -0.1) is 0 Å². The zero-order valence-electron chi connectivity index (χ0n) is 7.73. The molecule has 1 aromatic carbocycles. The van der Waals surface area contributed by atoms with Gasteiger partial charge in [-0.1, -0.05) is 13.0 Å². The molecule has 0 spiro atoms. The van der Waals surface area contributed by atoms with Crippen molar-refractivity contribution in [2.24, 2.45) is 0 Å². The first-order valence-corrected chi connectivity index (χ1v) is 4.20. The Morgan fingerprint density at radius 2 is 2.23 bits per heavy atom. The number of ketones is 1. The number of benzene rings is 1. The van der Waals surface area contributed by atoms with E-state index < -0.39 is 5.82 Å². The normalized spacial score (nSPS) is 9.77. The molecule has 0 atom stereocenters. The van der Waals surface area contributed by atoms with Crippen LogP contribution in [0.2, 0.25) is 0 Å². The Balaban J connectivity index is 3.15. The quantitative estimate of drug-likeness (QED) is 0.726. The summed E-state index contributed by atoms with van der Waals surface area (Å²) in [7, 11) is 1.62. The van der Waals surface area contributed by atoms with Crippen molar-refractivity contribution in [3.63, 3.8) is 0 Å². The summed E-state index contributed by atoms with van der Waals surface area (Å²) < 4.78 is 13.4. The Morgan fingerprint density at radius 1 is 1.54 bits per heavy atom. The van der Waals surface area contributed by atoms with Gasteiger partial charge >= 0.3 is 0 Å². The molecule has 1 aromatic rings. The molecule has 0 saturated carbocycles. The van der Waals surface area contributed by atoms with Crippen LogP contribution < -0.4 is 5.32 Å². The lowest BCUT2D eigenvalue weighted by Crippen LogP contribution is -2.03. The Kier molecular flexibility index (Phi) is 3.01. The Morgan fingerprint density at radius 3 is 2.77 bits per heavy atom. The Hall–Kier alpha value is -1.38. The van der Waals surface area contributed by atoms with E-state index in [0.29, 0.717) is 12.1 Å². The molecule has 0 radical (unpaired) electrons.